The molecule has 0 bridgehead atoms. The number of carbonyl (C=O) groups excluding carboxylic acids is 1. The SMILES string of the molecule is O=C(OCc1nc(-c2ccsc2)no1)c1cncc(Br)c1. The number of esters is 1. The van der Waals surface area contributed by atoms with Gasteiger partial charge in [0, 0.05) is 27.8 Å². The van der Waals surface area contributed by atoms with E-state index in [1.807, 2.05) is 16.8 Å². The Labute approximate surface area is 131 Å². The Morgan fingerprint density at radius 3 is 3.10 bits per heavy atom. The fraction of sp³-hybridized carbons (Fsp3) is 0.0769. The second-order valence-electron chi connectivity index (χ2n) is 3.99. The van der Waals surface area contributed by atoms with Crippen molar-refractivity contribution in [3.63, 3.8) is 0 Å². The summed E-state index contributed by atoms with van der Waals surface area (Å²) in [6.45, 7) is -0.0809. The third-order valence-electron chi connectivity index (χ3n) is 2.51. The summed E-state index contributed by atoms with van der Waals surface area (Å²) in [7, 11) is 0. The number of halogens is 1. The molecular formula is C13H8BrN3O3S. The van der Waals surface area contributed by atoms with E-state index < -0.39 is 5.97 Å². The first kappa shape index (κ1) is 13.9. The second-order valence-corrected chi connectivity index (χ2v) is 5.69. The summed E-state index contributed by atoms with van der Waals surface area (Å²) in [6, 6.07) is 3.51. The highest BCUT2D eigenvalue weighted by Gasteiger charge is 2.13. The van der Waals surface area contributed by atoms with Crippen molar-refractivity contribution in [3.8, 4) is 11.4 Å². The fourth-order valence-corrected chi connectivity index (χ4v) is 2.56. The van der Waals surface area contributed by atoms with Crippen LogP contribution in [0.25, 0.3) is 11.4 Å². The van der Waals surface area contributed by atoms with E-state index in [0.29, 0.717) is 15.9 Å². The molecule has 0 amide bonds. The first-order chi connectivity index (χ1) is 10.2. The fourth-order valence-electron chi connectivity index (χ4n) is 1.56. The number of pyridine rings is 1. The van der Waals surface area contributed by atoms with Crippen molar-refractivity contribution in [2.45, 2.75) is 6.61 Å². The number of nitrogens with zero attached hydrogens (tertiary/aromatic N) is 3. The van der Waals surface area contributed by atoms with Gasteiger partial charge in [-0.1, -0.05) is 5.16 Å². The average Bonchev–Trinajstić information content (AvgIpc) is 3.15. The van der Waals surface area contributed by atoms with E-state index in [-0.39, 0.29) is 12.5 Å². The van der Waals surface area contributed by atoms with E-state index in [0.717, 1.165) is 5.56 Å². The summed E-state index contributed by atoms with van der Waals surface area (Å²) in [6.07, 6.45) is 3.01. The minimum Gasteiger partial charge on any atom is -0.452 e. The number of aromatic nitrogens is 3. The van der Waals surface area contributed by atoms with Crippen LogP contribution in [0.3, 0.4) is 0 Å². The summed E-state index contributed by atoms with van der Waals surface area (Å²) < 4.78 is 10.8. The minimum absolute atomic E-state index is 0.0809. The Hall–Kier alpha value is -2.06. The van der Waals surface area contributed by atoms with Crippen LogP contribution in [0.15, 0.2) is 44.3 Å². The van der Waals surface area contributed by atoms with E-state index in [1.54, 1.807) is 23.6 Å². The van der Waals surface area contributed by atoms with Crippen LogP contribution in [-0.2, 0) is 11.3 Å². The van der Waals surface area contributed by atoms with Gasteiger partial charge in [-0.05, 0) is 33.4 Å². The first-order valence-corrected chi connectivity index (χ1v) is 7.59. The highest BCUT2D eigenvalue weighted by Crippen LogP contribution is 2.19. The smallest absolute Gasteiger partial charge is 0.340 e. The average molecular weight is 366 g/mol. The molecule has 3 aromatic rings. The molecule has 0 fully saturated rings. The Kier molecular flexibility index (Phi) is 4.07. The van der Waals surface area contributed by atoms with Gasteiger partial charge in [-0.2, -0.15) is 16.3 Å². The van der Waals surface area contributed by atoms with Crippen molar-refractivity contribution in [2.75, 3.05) is 0 Å². The van der Waals surface area contributed by atoms with Crippen LogP contribution in [0.4, 0.5) is 0 Å². The van der Waals surface area contributed by atoms with Gasteiger partial charge >= 0.3 is 5.97 Å². The first-order valence-electron chi connectivity index (χ1n) is 5.85. The normalized spacial score (nSPS) is 10.5. The number of hydrogen-bond donors (Lipinski definition) is 0. The zero-order valence-corrected chi connectivity index (χ0v) is 12.9. The standard InChI is InChI=1S/C13H8BrN3O3S/c14-10-3-9(4-15-5-10)13(18)19-6-11-16-12(17-20-11)8-1-2-21-7-8/h1-5,7H,6H2. The second kappa shape index (κ2) is 6.15. The van der Waals surface area contributed by atoms with Crippen LogP contribution >= 0.6 is 27.3 Å². The summed E-state index contributed by atoms with van der Waals surface area (Å²) in [4.78, 5) is 19.9. The van der Waals surface area contributed by atoms with E-state index in [2.05, 4.69) is 31.1 Å². The van der Waals surface area contributed by atoms with Crippen molar-refractivity contribution in [3.05, 3.63) is 51.2 Å². The number of carbonyl (C=O) groups is 1. The molecule has 6 nitrogen and oxygen atoms in total. The number of rotatable bonds is 4. The van der Waals surface area contributed by atoms with Crippen molar-refractivity contribution >= 4 is 33.2 Å². The van der Waals surface area contributed by atoms with Gasteiger partial charge in [0.1, 0.15) is 0 Å². The lowest BCUT2D eigenvalue weighted by atomic mass is 10.3. The number of thiophene rings is 1. The molecule has 0 N–H and O–H groups in total. The molecule has 21 heavy (non-hydrogen) atoms. The maximum Gasteiger partial charge on any atom is 0.340 e. The van der Waals surface area contributed by atoms with Crippen LogP contribution in [0.1, 0.15) is 16.2 Å². The minimum atomic E-state index is -0.501. The van der Waals surface area contributed by atoms with Gasteiger partial charge in [0.15, 0.2) is 6.61 Å². The largest absolute Gasteiger partial charge is 0.452 e. The van der Waals surface area contributed by atoms with Gasteiger partial charge in [-0.15, -0.1) is 0 Å². The Morgan fingerprint density at radius 2 is 2.33 bits per heavy atom. The molecular weight excluding hydrogens is 358 g/mol. The van der Waals surface area contributed by atoms with Crippen molar-refractivity contribution in [2.24, 2.45) is 0 Å². The topological polar surface area (TPSA) is 78.1 Å². The molecule has 3 heterocycles. The van der Waals surface area contributed by atoms with Gasteiger partial charge in [0.2, 0.25) is 5.82 Å². The lowest BCUT2D eigenvalue weighted by molar-refractivity contribution is 0.0429. The summed E-state index contributed by atoms with van der Waals surface area (Å²) in [5.74, 6) is 0.220. The molecule has 3 rings (SSSR count). The molecule has 0 aliphatic rings. The summed E-state index contributed by atoms with van der Waals surface area (Å²) in [5.41, 5.74) is 1.22. The third kappa shape index (κ3) is 3.34. The summed E-state index contributed by atoms with van der Waals surface area (Å²) in [5, 5.41) is 7.67. The van der Waals surface area contributed by atoms with E-state index in [9.17, 15) is 4.79 Å². The van der Waals surface area contributed by atoms with Gasteiger partial charge < -0.3 is 9.26 Å². The highest BCUT2D eigenvalue weighted by atomic mass is 79.9. The van der Waals surface area contributed by atoms with E-state index in [4.69, 9.17) is 9.26 Å². The maximum absolute atomic E-state index is 11.8. The molecule has 0 unspecified atom stereocenters. The quantitative estimate of drug-likeness (QED) is 0.660. The molecule has 3 aromatic heterocycles. The van der Waals surface area contributed by atoms with Crippen LogP contribution in [0, 0.1) is 0 Å². The molecule has 0 spiro atoms. The Morgan fingerprint density at radius 1 is 1.43 bits per heavy atom. The third-order valence-corrected chi connectivity index (χ3v) is 3.63. The molecule has 106 valence electrons. The summed E-state index contributed by atoms with van der Waals surface area (Å²) >= 11 is 4.78. The van der Waals surface area contributed by atoms with Crippen molar-refractivity contribution in [1.82, 2.24) is 15.1 Å². The van der Waals surface area contributed by atoms with Gasteiger partial charge in [0.25, 0.3) is 5.89 Å². The van der Waals surface area contributed by atoms with Gasteiger partial charge in [-0.3, -0.25) is 4.98 Å². The Bertz CT molecular complexity index is 758. The molecule has 0 saturated heterocycles. The molecule has 0 saturated carbocycles. The monoisotopic (exact) mass is 365 g/mol. The molecule has 0 atom stereocenters. The lowest BCUT2D eigenvalue weighted by Crippen LogP contribution is -2.05. The van der Waals surface area contributed by atoms with Crippen LogP contribution < -0.4 is 0 Å². The van der Waals surface area contributed by atoms with Gasteiger partial charge in [-0.25, -0.2) is 4.79 Å². The van der Waals surface area contributed by atoms with Crippen LogP contribution in [0.2, 0.25) is 0 Å². The van der Waals surface area contributed by atoms with Crippen molar-refractivity contribution < 1.29 is 14.1 Å². The van der Waals surface area contributed by atoms with E-state index in [1.165, 1.54) is 6.20 Å². The Balaban J connectivity index is 1.64. The number of ether oxygens (including phenoxy) is 1. The maximum atomic E-state index is 11.8. The lowest BCUT2D eigenvalue weighted by Gasteiger charge is -2.01. The van der Waals surface area contributed by atoms with Crippen LogP contribution in [-0.4, -0.2) is 21.1 Å². The van der Waals surface area contributed by atoms with Crippen molar-refractivity contribution in [1.29, 1.82) is 0 Å². The number of hydrogen-bond acceptors (Lipinski definition) is 7. The predicted molar refractivity (Wildman–Crippen MR) is 78.7 cm³/mol. The molecule has 0 aromatic carbocycles. The van der Waals surface area contributed by atoms with E-state index >= 15 is 0 Å². The molecule has 8 heteroatoms. The van der Waals surface area contributed by atoms with Gasteiger partial charge in [0.05, 0.1) is 5.56 Å². The molecule has 0 radical (unpaired) electrons. The zero-order valence-electron chi connectivity index (χ0n) is 10.5. The molecule has 0 aliphatic heterocycles. The highest BCUT2D eigenvalue weighted by molar-refractivity contribution is 9.10. The predicted octanol–water partition coefficient (Wildman–Crippen LogP) is 3.31. The molecule has 0 aliphatic carbocycles. The van der Waals surface area contributed by atoms with Crippen LogP contribution in [0.5, 0.6) is 0 Å². The zero-order chi connectivity index (χ0) is 14.7.